The number of amides is 3. The summed E-state index contributed by atoms with van der Waals surface area (Å²) in [5.74, 6) is -1.00. The van der Waals surface area contributed by atoms with Gasteiger partial charge in [0.05, 0.1) is 17.7 Å². The molecule has 118 valence electrons. The Balaban J connectivity index is 1.87. The second kappa shape index (κ2) is 7.15. The number of methoxy groups -OCH3 is 2. The molecule has 0 radical (unpaired) electrons. The Morgan fingerprint density at radius 2 is 1.68 bits per heavy atom. The number of imide groups is 1. The summed E-state index contributed by atoms with van der Waals surface area (Å²) in [4.78, 5) is 37.1. The van der Waals surface area contributed by atoms with Gasteiger partial charge in [-0.1, -0.05) is 12.1 Å². The zero-order chi connectivity index (χ0) is 16.1. The summed E-state index contributed by atoms with van der Waals surface area (Å²) >= 11 is 0. The molecular formula is C15H18N2O5. The van der Waals surface area contributed by atoms with Crippen LogP contribution in [0.1, 0.15) is 27.1 Å². The predicted molar refractivity (Wildman–Crippen MR) is 77.2 cm³/mol. The highest BCUT2D eigenvalue weighted by atomic mass is 16.7. The maximum atomic E-state index is 12.1. The maximum Gasteiger partial charge on any atom is 0.261 e. The summed E-state index contributed by atoms with van der Waals surface area (Å²) in [6.07, 6.45) is -0.491. The molecule has 0 aromatic heterocycles. The van der Waals surface area contributed by atoms with E-state index in [4.69, 9.17) is 9.47 Å². The van der Waals surface area contributed by atoms with Gasteiger partial charge in [-0.05, 0) is 12.1 Å². The minimum absolute atomic E-state index is 0.0334. The number of nitrogens with one attached hydrogen (secondary N) is 1. The van der Waals surface area contributed by atoms with Gasteiger partial charge in [0, 0.05) is 27.2 Å². The molecule has 0 fully saturated rings. The quantitative estimate of drug-likeness (QED) is 0.582. The molecule has 0 saturated carbocycles. The van der Waals surface area contributed by atoms with Crippen molar-refractivity contribution in [3.8, 4) is 0 Å². The average molecular weight is 306 g/mol. The second-order valence-corrected chi connectivity index (χ2v) is 4.76. The molecule has 1 heterocycles. The van der Waals surface area contributed by atoms with Crippen LogP contribution in [-0.2, 0) is 14.3 Å². The monoisotopic (exact) mass is 306 g/mol. The van der Waals surface area contributed by atoms with Crippen LogP contribution in [0.5, 0.6) is 0 Å². The smallest absolute Gasteiger partial charge is 0.261 e. The lowest BCUT2D eigenvalue weighted by atomic mass is 10.1. The number of carbonyl (C=O) groups excluding carboxylic acids is 3. The van der Waals surface area contributed by atoms with Gasteiger partial charge in [-0.25, -0.2) is 0 Å². The fourth-order valence-electron chi connectivity index (χ4n) is 2.20. The lowest BCUT2D eigenvalue weighted by Crippen LogP contribution is -2.37. The first kappa shape index (κ1) is 16.1. The van der Waals surface area contributed by atoms with E-state index < -0.39 is 6.29 Å². The van der Waals surface area contributed by atoms with E-state index in [0.29, 0.717) is 11.1 Å². The predicted octanol–water partition coefficient (Wildman–Crippen LogP) is 0.408. The zero-order valence-corrected chi connectivity index (χ0v) is 12.5. The third-order valence-electron chi connectivity index (χ3n) is 3.43. The van der Waals surface area contributed by atoms with E-state index in [1.807, 2.05) is 0 Å². The zero-order valence-electron chi connectivity index (χ0n) is 12.5. The van der Waals surface area contributed by atoms with Gasteiger partial charge in [0.2, 0.25) is 5.91 Å². The van der Waals surface area contributed by atoms with Crippen molar-refractivity contribution in [2.75, 3.05) is 27.3 Å². The minimum Gasteiger partial charge on any atom is -0.354 e. The molecular weight excluding hydrogens is 288 g/mol. The number of rotatable bonds is 7. The molecule has 0 bridgehead atoms. The first-order valence-electron chi connectivity index (χ1n) is 6.86. The highest BCUT2D eigenvalue weighted by Gasteiger charge is 2.34. The van der Waals surface area contributed by atoms with Crippen molar-refractivity contribution in [1.29, 1.82) is 0 Å². The Bertz CT molecular complexity index is 548. The van der Waals surface area contributed by atoms with E-state index in [9.17, 15) is 14.4 Å². The maximum absolute atomic E-state index is 12.1. The minimum atomic E-state index is -0.525. The largest absolute Gasteiger partial charge is 0.354 e. The number of ether oxygens (including phenoxy) is 2. The lowest BCUT2D eigenvalue weighted by molar-refractivity contribution is -0.127. The van der Waals surface area contributed by atoms with Crippen LogP contribution in [-0.4, -0.2) is 56.2 Å². The highest BCUT2D eigenvalue weighted by Crippen LogP contribution is 2.22. The van der Waals surface area contributed by atoms with E-state index in [-0.39, 0.29) is 37.2 Å². The summed E-state index contributed by atoms with van der Waals surface area (Å²) < 4.78 is 9.90. The fourth-order valence-corrected chi connectivity index (χ4v) is 2.20. The topological polar surface area (TPSA) is 84.9 Å². The molecule has 0 saturated heterocycles. The molecule has 2 rings (SSSR count). The van der Waals surface area contributed by atoms with Crippen molar-refractivity contribution >= 4 is 17.7 Å². The summed E-state index contributed by atoms with van der Waals surface area (Å²) in [6, 6.07) is 6.63. The van der Waals surface area contributed by atoms with Gasteiger partial charge in [-0.15, -0.1) is 0 Å². The Kier molecular flexibility index (Phi) is 5.24. The molecule has 7 nitrogen and oxygen atoms in total. The molecule has 7 heteroatoms. The van der Waals surface area contributed by atoms with Gasteiger partial charge in [-0.2, -0.15) is 0 Å². The van der Waals surface area contributed by atoms with Gasteiger partial charge >= 0.3 is 0 Å². The summed E-state index contributed by atoms with van der Waals surface area (Å²) in [7, 11) is 2.94. The summed E-state index contributed by atoms with van der Waals surface area (Å²) in [5.41, 5.74) is 0.762. The van der Waals surface area contributed by atoms with Crippen LogP contribution in [0.3, 0.4) is 0 Å². The standard InChI is InChI=1S/C15H18N2O5/c1-21-13(22-2)9-16-12(18)7-8-17-14(19)10-5-3-4-6-11(10)15(17)20/h3-6,13H,7-9H2,1-2H3,(H,16,18). The third kappa shape index (κ3) is 3.32. The summed E-state index contributed by atoms with van der Waals surface area (Å²) in [5, 5.41) is 2.62. The van der Waals surface area contributed by atoms with Crippen molar-refractivity contribution in [2.45, 2.75) is 12.7 Å². The molecule has 0 unspecified atom stereocenters. The number of hydrogen-bond donors (Lipinski definition) is 1. The van der Waals surface area contributed by atoms with E-state index >= 15 is 0 Å². The van der Waals surface area contributed by atoms with Crippen LogP contribution in [0, 0.1) is 0 Å². The first-order chi connectivity index (χ1) is 10.6. The molecule has 1 aromatic carbocycles. The molecule has 1 aliphatic heterocycles. The first-order valence-corrected chi connectivity index (χ1v) is 6.86. The van der Waals surface area contributed by atoms with Crippen molar-refractivity contribution < 1.29 is 23.9 Å². The summed E-state index contributed by atoms with van der Waals surface area (Å²) in [6.45, 7) is 0.247. The molecule has 1 N–H and O–H groups in total. The Hall–Kier alpha value is -2.25. The number of hydrogen-bond acceptors (Lipinski definition) is 5. The van der Waals surface area contributed by atoms with Gasteiger partial charge in [0.1, 0.15) is 0 Å². The van der Waals surface area contributed by atoms with Gasteiger partial charge in [-0.3, -0.25) is 19.3 Å². The van der Waals surface area contributed by atoms with Gasteiger partial charge < -0.3 is 14.8 Å². The van der Waals surface area contributed by atoms with Crippen LogP contribution in [0.2, 0.25) is 0 Å². The second-order valence-electron chi connectivity index (χ2n) is 4.76. The molecule has 0 spiro atoms. The highest BCUT2D eigenvalue weighted by molar-refractivity contribution is 6.21. The SMILES string of the molecule is COC(CNC(=O)CCN1C(=O)c2ccccc2C1=O)OC. The van der Waals surface area contributed by atoms with Gasteiger partial charge in [0.15, 0.2) is 6.29 Å². The van der Waals surface area contributed by atoms with E-state index in [1.165, 1.54) is 14.2 Å². The lowest BCUT2D eigenvalue weighted by Gasteiger charge is -2.16. The van der Waals surface area contributed by atoms with Crippen LogP contribution >= 0.6 is 0 Å². The molecule has 1 aliphatic rings. The van der Waals surface area contributed by atoms with E-state index in [2.05, 4.69) is 5.32 Å². The number of carbonyl (C=O) groups is 3. The molecule has 3 amide bonds. The van der Waals surface area contributed by atoms with E-state index in [1.54, 1.807) is 24.3 Å². The molecule has 0 aliphatic carbocycles. The fraction of sp³-hybridized carbons (Fsp3) is 0.400. The van der Waals surface area contributed by atoms with Gasteiger partial charge in [0.25, 0.3) is 11.8 Å². The Morgan fingerprint density at radius 1 is 1.14 bits per heavy atom. The Labute approximate surface area is 128 Å². The molecule has 1 aromatic rings. The van der Waals surface area contributed by atoms with Crippen molar-refractivity contribution in [3.05, 3.63) is 35.4 Å². The van der Waals surface area contributed by atoms with Crippen LogP contribution in [0.15, 0.2) is 24.3 Å². The van der Waals surface area contributed by atoms with Crippen LogP contribution in [0.4, 0.5) is 0 Å². The third-order valence-corrected chi connectivity index (χ3v) is 3.43. The normalized spacial score (nSPS) is 13.7. The van der Waals surface area contributed by atoms with Crippen molar-refractivity contribution in [1.82, 2.24) is 10.2 Å². The molecule has 22 heavy (non-hydrogen) atoms. The molecule has 0 atom stereocenters. The average Bonchev–Trinajstić information content (AvgIpc) is 2.78. The Morgan fingerprint density at radius 3 is 2.18 bits per heavy atom. The van der Waals surface area contributed by atoms with Crippen LogP contribution < -0.4 is 5.32 Å². The van der Waals surface area contributed by atoms with Crippen molar-refractivity contribution in [3.63, 3.8) is 0 Å². The number of nitrogens with zero attached hydrogens (tertiary/aromatic N) is 1. The van der Waals surface area contributed by atoms with E-state index in [0.717, 1.165) is 4.90 Å². The van der Waals surface area contributed by atoms with Crippen molar-refractivity contribution in [2.24, 2.45) is 0 Å². The number of fused-ring (bicyclic) bond motifs is 1. The van der Waals surface area contributed by atoms with Crippen LogP contribution in [0.25, 0.3) is 0 Å². The number of benzene rings is 1.